The van der Waals surface area contributed by atoms with Gasteiger partial charge in [-0.05, 0) is 19.3 Å². The van der Waals surface area contributed by atoms with Crippen LogP contribution in [0.15, 0.2) is 6.20 Å². The van der Waals surface area contributed by atoms with Gasteiger partial charge < -0.3 is 9.47 Å². The lowest BCUT2D eigenvalue weighted by atomic mass is 10.2. The Morgan fingerprint density at radius 3 is 3.00 bits per heavy atom. The molecule has 1 unspecified atom stereocenters. The summed E-state index contributed by atoms with van der Waals surface area (Å²) in [5, 5.41) is 7.78. The minimum atomic E-state index is -3.41. The summed E-state index contributed by atoms with van der Waals surface area (Å²) in [5.74, 6) is 0. The quantitative estimate of drug-likeness (QED) is 0.638. The Kier molecular flexibility index (Phi) is 6.09. The van der Waals surface area contributed by atoms with Crippen LogP contribution in [0.25, 0.3) is 0 Å². The standard InChI is InChI=1S/C12H21N3O5S/c1-21(16,17)20-8-5-11-10-13-14-15(11)6-9-19-12-4-2-3-7-18-12/h10,12H,2-9H2,1H3. The van der Waals surface area contributed by atoms with Gasteiger partial charge in [0, 0.05) is 13.0 Å². The highest BCUT2D eigenvalue weighted by Crippen LogP contribution is 2.13. The molecule has 1 aliphatic heterocycles. The van der Waals surface area contributed by atoms with Crippen LogP contribution in [0.2, 0.25) is 0 Å². The van der Waals surface area contributed by atoms with E-state index < -0.39 is 10.1 Å². The molecule has 0 saturated carbocycles. The second-order valence-corrected chi connectivity index (χ2v) is 6.54. The van der Waals surface area contributed by atoms with Gasteiger partial charge in [0.25, 0.3) is 10.1 Å². The molecule has 0 aromatic carbocycles. The third-order valence-electron chi connectivity index (χ3n) is 3.10. The first kappa shape index (κ1) is 16.3. The Hall–Kier alpha value is -1.03. The van der Waals surface area contributed by atoms with Gasteiger partial charge in [-0.15, -0.1) is 5.10 Å². The van der Waals surface area contributed by atoms with Crippen molar-refractivity contribution in [3.63, 3.8) is 0 Å². The molecule has 0 aliphatic carbocycles. The maximum Gasteiger partial charge on any atom is 0.264 e. The van der Waals surface area contributed by atoms with Gasteiger partial charge in [-0.25, -0.2) is 4.68 Å². The predicted molar refractivity (Wildman–Crippen MR) is 74.1 cm³/mol. The van der Waals surface area contributed by atoms with E-state index in [1.807, 2.05) is 0 Å². The van der Waals surface area contributed by atoms with Crippen LogP contribution in [0, 0.1) is 0 Å². The Bertz CT molecular complexity index is 525. The SMILES string of the molecule is CS(=O)(=O)OCCc1cnnn1CCOC1CCCCO1. The topological polar surface area (TPSA) is 92.5 Å². The summed E-state index contributed by atoms with van der Waals surface area (Å²) in [7, 11) is -3.41. The van der Waals surface area contributed by atoms with Crippen LogP contribution in [0.1, 0.15) is 25.0 Å². The number of aromatic nitrogens is 3. The lowest BCUT2D eigenvalue weighted by Crippen LogP contribution is -2.24. The fraction of sp³-hybridized carbons (Fsp3) is 0.833. The molecule has 0 spiro atoms. The summed E-state index contributed by atoms with van der Waals surface area (Å²) < 4.78 is 39.3. The van der Waals surface area contributed by atoms with E-state index in [9.17, 15) is 8.42 Å². The number of hydrogen-bond acceptors (Lipinski definition) is 7. The van der Waals surface area contributed by atoms with Crippen LogP contribution in [0.4, 0.5) is 0 Å². The fourth-order valence-corrected chi connectivity index (χ4v) is 2.46. The van der Waals surface area contributed by atoms with E-state index in [1.165, 1.54) is 0 Å². The molecule has 1 aliphatic rings. The highest BCUT2D eigenvalue weighted by molar-refractivity contribution is 7.85. The molecular formula is C12H21N3O5S. The Morgan fingerprint density at radius 2 is 2.29 bits per heavy atom. The van der Waals surface area contributed by atoms with Crippen molar-refractivity contribution in [3.8, 4) is 0 Å². The molecule has 0 bridgehead atoms. The molecule has 0 radical (unpaired) electrons. The summed E-state index contributed by atoms with van der Waals surface area (Å²) in [6, 6.07) is 0. The zero-order valence-corrected chi connectivity index (χ0v) is 12.9. The van der Waals surface area contributed by atoms with Crippen molar-refractivity contribution in [2.75, 3.05) is 26.1 Å². The van der Waals surface area contributed by atoms with Crippen LogP contribution in [0.3, 0.4) is 0 Å². The van der Waals surface area contributed by atoms with Crippen LogP contribution < -0.4 is 0 Å². The summed E-state index contributed by atoms with van der Waals surface area (Å²) in [6.45, 7) is 1.86. The van der Waals surface area contributed by atoms with Crippen LogP contribution in [0.5, 0.6) is 0 Å². The van der Waals surface area contributed by atoms with Gasteiger partial charge in [0.15, 0.2) is 6.29 Å². The van der Waals surface area contributed by atoms with E-state index in [0.717, 1.165) is 37.8 Å². The molecule has 120 valence electrons. The molecule has 1 fully saturated rings. The average Bonchev–Trinajstić information content (AvgIpc) is 2.86. The van der Waals surface area contributed by atoms with Crippen LogP contribution in [-0.4, -0.2) is 55.8 Å². The molecule has 2 rings (SSSR count). The number of rotatable bonds is 8. The highest BCUT2D eigenvalue weighted by Gasteiger charge is 2.14. The van der Waals surface area contributed by atoms with Gasteiger partial charge in [-0.1, -0.05) is 5.21 Å². The molecule has 9 heteroatoms. The highest BCUT2D eigenvalue weighted by atomic mass is 32.2. The summed E-state index contributed by atoms with van der Waals surface area (Å²) >= 11 is 0. The molecule has 2 heterocycles. The van der Waals surface area contributed by atoms with Crippen LogP contribution >= 0.6 is 0 Å². The summed E-state index contributed by atoms with van der Waals surface area (Å²) in [6.07, 6.45) is 6.07. The van der Waals surface area contributed by atoms with Crippen LogP contribution in [-0.2, 0) is 36.7 Å². The molecule has 21 heavy (non-hydrogen) atoms. The molecule has 1 aromatic rings. The van der Waals surface area contributed by atoms with E-state index in [2.05, 4.69) is 10.3 Å². The maximum atomic E-state index is 10.9. The van der Waals surface area contributed by atoms with Crippen molar-refractivity contribution in [2.45, 2.75) is 38.5 Å². The predicted octanol–water partition coefficient (Wildman–Crippen LogP) is 0.340. The van der Waals surface area contributed by atoms with Crippen molar-refractivity contribution >= 4 is 10.1 Å². The summed E-state index contributed by atoms with van der Waals surface area (Å²) in [4.78, 5) is 0. The first-order chi connectivity index (χ1) is 10.0. The van der Waals surface area contributed by atoms with Crippen molar-refractivity contribution in [1.29, 1.82) is 0 Å². The molecule has 1 atom stereocenters. The first-order valence-corrected chi connectivity index (χ1v) is 8.81. The zero-order chi connectivity index (χ0) is 15.1. The van der Waals surface area contributed by atoms with Gasteiger partial charge in [-0.2, -0.15) is 8.42 Å². The lowest BCUT2D eigenvalue weighted by molar-refractivity contribution is -0.163. The average molecular weight is 319 g/mol. The Morgan fingerprint density at radius 1 is 1.43 bits per heavy atom. The number of ether oxygens (including phenoxy) is 2. The lowest BCUT2D eigenvalue weighted by Gasteiger charge is -2.22. The van der Waals surface area contributed by atoms with Gasteiger partial charge in [0.2, 0.25) is 0 Å². The van der Waals surface area contributed by atoms with Crippen molar-refractivity contribution < 1.29 is 22.1 Å². The molecular weight excluding hydrogens is 298 g/mol. The second-order valence-electron chi connectivity index (χ2n) is 4.89. The summed E-state index contributed by atoms with van der Waals surface area (Å²) in [5.41, 5.74) is 0.812. The molecule has 0 N–H and O–H groups in total. The van der Waals surface area contributed by atoms with E-state index in [1.54, 1.807) is 10.9 Å². The zero-order valence-electron chi connectivity index (χ0n) is 12.1. The minimum absolute atomic E-state index is 0.0821. The largest absolute Gasteiger partial charge is 0.353 e. The second kappa shape index (κ2) is 7.83. The molecule has 1 aromatic heterocycles. The third kappa shape index (κ3) is 6.08. The van der Waals surface area contributed by atoms with Gasteiger partial charge in [0.1, 0.15) is 0 Å². The normalized spacial score (nSPS) is 19.8. The van der Waals surface area contributed by atoms with Gasteiger partial charge in [-0.3, -0.25) is 4.18 Å². The van der Waals surface area contributed by atoms with Gasteiger partial charge in [0.05, 0.1) is 37.9 Å². The van der Waals surface area contributed by atoms with E-state index in [4.69, 9.17) is 13.7 Å². The molecule has 8 nitrogen and oxygen atoms in total. The maximum absolute atomic E-state index is 10.9. The first-order valence-electron chi connectivity index (χ1n) is 6.99. The Labute approximate surface area is 124 Å². The minimum Gasteiger partial charge on any atom is -0.353 e. The van der Waals surface area contributed by atoms with E-state index >= 15 is 0 Å². The van der Waals surface area contributed by atoms with Crippen molar-refractivity contribution in [3.05, 3.63) is 11.9 Å². The fourth-order valence-electron chi connectivity index (χ4n) is 2.07. The van der Waals surface area contributed by atoms with E-state index in [-0.39, 0.29) is 12.9 Å². The number of nitrogens with zero attached hydrogens (tertiary/aromatic N) is 3. The smallest absolute Gasteiger partial charge is 0.264 e. The third-order valence-corrected chi connectivity index (χ3v) is 3.69. The number of hydrogen-bond donors (Lipinski definition) is 0. The van der Waals surface area contributed by atoms with Gasteiger partial charge >= 0.3 is 0 Å². The van der Waals surface area contributed by atoms with Crippen molar-refractivity contribution in [1.82, 2.24) is 15.0 Å². The monoisotopic (exact) mass is 319 g/mol. The van der Waals surface area contributed by atoms with E-state index in [0.29, 0.717) is 19.6 Å². The molecule has 1 saturated heterocycles. The Balaban J connectivity index is 1.72. The molecule has 0 amide bonds. The van der Waals surface area contributed by atoms with Crippen molar-refractivity contribution in [2.24, 2.45) is 0 Å².